The molecule has 35 heavy (non-hydrogen) atoms. The molecular weight excluding hydrogens is 518 g/mol. The van der Waals surface area contributed by atoms with E-state index in [0.717, 1.165) is 49.8 Å². The summed E-state index contributed by atoms with van der Waals surface area (Å²) in [5.74, 6) is -3.70. The van der Waals surface area contributed by atoms with Gasteiger partial charge in [-0.1, -0.05) is 59.3 Å². The maximum atomic E-state index is 13.4. The zero-order chi connectivity index (χ0) is 26.4. The van der Waals surface area contributed by atoms with Crippen molar-refractivity contribution in [3.05, 3.63) is 10.6 Å². The SMILES string of the molecule is CC(C)[C@H]1N(C(=O)[C@H](C)[C@H]2O[C@@](O)(CCCCCCCCCCO)C(Br)=CC2=O)C(=O)OC1(C)C. The van der Waals surface area contributed by atoms with E-state index >= 15 is 0 Å². The Hall–Kier alpha value is -1.29. The van der Waals surface area contributed by atoms with Crippen molar-refractivity contribution in [3.63, 3.8) is 0 Å². The topological polar surface area (TPSA) is 113 Å². The van der Waals surface area contributed by atoms with Gasteiger partial charge in [-0.2, -0.15) is 0 Å². The van der Waals surface area contributed by atoms with Gasteiger partial charge >= 0.3 is 6.09 Å². The molecule has 4 atom stereocenters. The van der Waals surface area contributed by atoms with Gasteiger partial charge in [0.1, 0.15) is 11.7 Å². The first-order chi connectivity index (χ1) is 16.4. The van der Waals surface area contributed by atoms with Gasteiger partial charge in [0.15, 0.2) is 11.6 Å². The number of hydrogen-bond acceptors (Lipinski definition) is 7. The Morgan fingerprint density at radius 3 is 2.14 bits per heavy atom. The predicted molar refractivity (Wildman–Crippen MR) is 136 cm³/mol. The van der Waals surface area contributed by atoms with Crippen LogP contribution in [0, 0.1) is 11.8 Å². The van der Waals surface area contributed by atoms with Crippen LogP contribution >= 0.6 is 15.9 Å². The van der Waals surface area contributed by atoms with Crippen molar-refractivity contribution in [1.29, 1.82) is 0 Å². The van der Waals surface area contributed by atoms with Crippen LogP contribution in [0.4, 0.5) is 4.79 Å². The van der Waals surface area contributed by atoms with E-state index in [4.69, 9.17) is 14.6 Å². The molecule has 0 unspecified atom stereocenters. The Morgan fingerprint density at radius 2 is 1.60 bits per heavy atom. The molecule has 2 amide bonds. The number of unbranched alkanes of at least 4 members (excludes halogenated alkanes) is 7. The molecule has 9 heteroatoms. The summed E-state index contributed by atoms with van der Waals surface area (Å²) in [6.07, 6.45) is 7.47. The third-order valence-corrected chi connectivity index (χ3v) is 7.77. The molecule has 200 valence electrons. The molecule has 2 heterocycles. The second-order valence-corrected chi connectivity index (χ2v) is 11.5. The van der Waals surface area contributed by atoms with E-state index in [1.165, 1.54) is 6.08 Å². The average Bonchev–Trinajstić information content (AvgIpc) is 3.02. The largest absolute Gasteiger partial charge is 0.441 e. The van der Waals surface area contributed by atoms with Crippen LogP contribution in [0.1, 0.15) is 92.4 Å². The van der Waals surface area contributed by atoms with E-state index in [1.54, 1.807) is 20.8 Å². The molecule has 0 spiro atoms. The summed E-state index contributed by atoms with van der Waals surface area (Å²) < 4.78 is 11.6. The maximum absolute atomic E-state index is 13.4. The third-order valence-electron chi connectivity index (χ3n) is 6.92. The lowest BCUT2D eigenvalue weighted by Crippen LogP contribution is -2.54. The Kier molecular flexibility index (Phi) is 10.9. The number of halogens is 1. The second-order valence-electron chi connectivity index (χ2n) is 10.7. The van der Waals surface area contributed by atoms with Gasteiger partial charge in [-0.25, -0.2) is 9.69 Å². The van der Waals surface area contributed by atoms with Crippen molar-refractivity contribution in [3.8, 4) is 0 Å². The molecule has 0 aliphatic carbocycles. The van der Waals surface area contributed by atoms with Gasteiger partial charge in [0.05, 0.1) is 16.4 Å². The number of cyclic esters (lactones) is 1. The minimum absolute atomic E-state index is 0.0452. The number of aliphatic hydroxyl groups is 2. The van der Waals surface area contributed by atoms with E-state index in [1.807, 2.05) is 13.8 Å². The Labute approximate surface area is 217 Å². The summed E-state index contributed by atoms with van der Waals surface area (Å²) in [7, 11) is 0. The van der Waals surface area contributed by atoms with Crippen LogP contribution in [-0.4, -0.2) is 63.0 Å². The number of carbonyl (C=O) groups excluding carboxylic acids is 3. The van der Waals surface area contributed by atoms with E-state index in [2.05, 4.69) is 15.9 Å². The number of carbonyl (C=O) groups is 3. The van der Waals surface area contributed by atoms with Crippen LogP contribution in [0.2, 0.25) is 0 Å². The van der Waals surface area contributed by atoms with Crippen LogP contribution in [0.15, 0.2) is 10.6 Å². The number of ether oxygens (including phenoxy) is 2. The summed E-state index contributed by atoms with van der Waals surface area (Å²) in [5.41, 5.74) is -0.847. The monoisotopic (exact) mass is 559 g/mol. The number of amides is 2. The third kappa shape index (κ3) is 7.37. The zero-order valence-corrected chi connectivity index (χ0v) is 23.3. The highest BCUT2D eigenvalue weighted by Crippen LogP contribution is 2.39. The predicted octanol–water partition coefficient (Wildman–Crippen LogP) is 4.84. The van der Waals surface area contributed by atoms with Gasteiger partial charge in [0.25, 0.3) is 0 Å². The van der Waals surface area contributed by atoms with Crippen molar-refractivity contribution in [2.24, 2.45) is 11.8 Å². The van der Waals surface area contributed by atoms with Crippen LogP contribution in [0.25, 0.3) is 0 Å². The highest BCUT2D eigenvalue weighted by molar-refractivity contribution is 9.11. The molecule has 2 aliphatic rings. The van der Waals surface area contributed by atoms with E-state index in [0.29, 0.717) is 6.42 Å². The second kappa shape index (κ2) is 12.8. The number of aliphatic hydroxyl groups excluding tert-OH is 1. The summed E-state index contributed by atoms with van der Waals surface area (Å²) in [6, 6.07) is -0.478. The summed E-state index contributed by atoms with van der Waals surface area (Å²) >= 11 is 3.28. The van der Waals surface area contributed by atoms with Crippen molar-refractivity contribution in [2.75, 3.05) is 6.61 Å². The molecule has 0 saturated carbocycles. The van der Waals surface area contributed by atoms with Gasteiger partial charge in [-0.15, -0.1) is 0 Å². The molecule has 8 nitrogen and oxygen atoms in total. The van der Waals surface area contributed by atoms with Crippen LogP contribution < -0.4 is 0 Å². The molecule has 1 fully saturated rings. The summed E-state index contributed by atoms with van der Waals surface area (Å²) in [6.45, 7) is 9.15. The maximum Gasteiger partial charge on any atom is 0.417 e. The molecule has 2 aliphatic heterocycles. The summed E-state index contributed by atoms with van der Waals surface area (Å²) in [5, 5.41) is 20.0. The van der Waals surface area contributed by atoms with Crippen LogP contribution in [0.5, 0.6) is 0 Å². The van der Waals surface area contributed by atoms with E-state index < -0.39 is 47.2 Å². The number of hydrogen-bond donors (Lipinski definition) is 2. The molecule has 0 radical (unpaired) electrons. The fourth-order valence-corrected chi connectivity index (χ4v) is 5.66. The van der Waals surface area contributed by atoms with Crippen molar-refractivity contribution >= 4 is 33.7 Å². The Balaban J connectivity index is 1.99. The average molecular weight is 561 g/mol. The Bertz CT molecular complexity index is 797. The lowest BCUT2D eigenvalue weighted by molar-refractivity contribution is -0.217. The van der Waals surface area contributed by atoms with Crippen LogP contribution in [-0.2, 0) is 19.1 Å². The van der Waals surface area contributed by atoms with Crippen molar-refractivity contribution < 1.29 is 34.1 Å². The fraction of sp³-hybridized carbons (Fsp3) is 0.808. The minimum Gasteiger partial charge on any atom is -0.441 e. The molecule has 0 aromatic heterocycles. The number of ketones is 1. The van der Waals surface area contributed by atoms with Gasteiger partial charge in [0.2, 0.25) is 5.91 Å². The van der Waals surface area contributed by atoms with Crippen molar-refractivity contribution in [1.82, 2.24) is 4.90 Å². The molecule has 0 aromatic rings. The molecule has 0 aromatic carbocycles. The van der Waals surface area contributed by atoms with E-state index in [9.17, 15) is 19.5 Å². The molecule has 2 rings (SSSR count). The first-order valence-electron chi connectivity index (χ1n) is 12.8. The van der Waals surface area contributed by atoms with Gasteiger partial charge in [-0.3, -0.25) is 9.59 Å². The van der Waals surface area contributed by atoms with Gasteiger partial charge in [0, 0.05) is 13.0 Å². The first kappa shape index (κ1) is 29.9. The lowest BCUT2D eigenvalue weighted by Gasteiger charge is -2.38. The highest BCUT2D eigenvalue weighted by atomic mass is 79.9. The smallest absolute Gasteiger partial charge is 0.417 e. The normalized spacial score (nSPS) is 27.2. The highest BCUT2D eigenvalue weighted by Gasteiger charge is 2.54. The van der Waals surface area contributed by atoms with Crippen molar-refractivity contribution in [2.45, 2.75) is 116 Å². The summed E-state index contributed by atoms with van der Waals surface area (Å²) in [4.78, 5) is 39.8. The van der Waals surface area contributed by atoms with E-state index in [-0.39, 0.29) is 23.4 Å². The lowest BCUT2D eigenvalue weighted by atomic mass is 9.87. The molecule has 2 N–H and O–H groups in total. The van der Waals surface area contributed by atoms with Gasteiger partial charge < -0.3 is 19.7 Å². The molecular formula is C26H42BrNO7. The zero-order valence-electron chi connectivity index (χ0n) is 21.7. The standard InChI is InChI=1S/C26H42BrNO7/c1-17(2)22-25(4,5)35-24(32)28(22)23(31)18(3)21-19(30)16-20(27)26(33,34-21)14-12-10-8-6-7-9-11-13-15-29/h16-18,21-22,29,33H,6-15H2,1-5H3/t18-,21-,22-,26+/m1/s1. The minimum atomic E-state index is -1.70. The molecule has 1 saturated heterocycles. The number of rotatable bonds is 13. The Morgan fingerprint density at radius 1 is 1.06 bits per heavy atom. The fourth-order valence-electron chi connectivity index (χ4n) is 5.14. The quantitative estimate of drug-likeness (QED) is 0.310. The number of imide groups is 1. The van der Waals surface area contributed by atoms with Crippen LogP contribution in [0.3, 0.4) is 0 Å². The first-order valence-corrected chi connectivity index (χ1v) is 13.6. The molecule has 0 bridgehead atoms. The van der Waals surface area contributed by atoms with Gasteiger partial charge in [-0.05, 0) is 54.6 Å². The number of nitrogens with zero attached hydrogens (tertiary/aromatic N) is 1.